The molecular formula is C28H45N3O4. The van der Waals surface area contributed by atoms with Crippen molar-refractivity contribution in [1.82, 2.24) is 15.5 Å². The van der Waals surface area contributed by atoms with Crippen molar-refractivity contribution in [2.24, 2.45) is 11.8 Å². The Morgan fingerprint density at radius 1 is 1.14 bits per heavy atom. The first kappa shape index (κ1) is 28.7. The quantitative estimate of drug-likeness (QED) is 0.424. The number of benzene rings is 1. The molecule has 0 heterocycles. The van der Waals surface area contributed by atoms with Crippen LogP contribution in [0.15, 0.2) is 24.3 Å². The molecule has 1 aromatic carbocycles. The Morgan fingerprint density at radius 2 is 1.77 bits per heavy atom. The lowest BCUT2D eigenvalue weighted by Gasteiger charge is -2.36. The van der Waals surface area contributed by atoms with Gasteiger partial charge in [0.15, 0.2) is 0 Å². The van der Waals surface area contributed by atoms with Gasteiger partial charge in [-0.2, -0.15) is 0 Å². The molecule has 0 radical (unpaired) electrons. The standard InChI is InChI=1S/C28H45N3O4/c1-9-10-13-16-29-25(32)24(21-15-12-11-14-19(21)4)31(22-17-20(22)5)26(33)23(18(2)3)30-27(34)35-28(6,7)8/h11-12,14-15,18,20,22-24H,9-10,13,16-17H2,1-8H3,(H,29,32)(H,30,34). The van der Waals surface area contributed by atoms with Crippen LogP contribution >= 0.6 is 0 Å². The van der Waals surface area contributed by atoms with E-state index < -0.39 is 23.8 Å². The maximum absolute atomic E-state index is 14.1. The van der Waals surface area contributed by atoms with Crippen molar-refractivity contribution in [3.05, 3.63) is 35.4 Å². The number of nitrogens with one attached hydrogen (secondary N) is 2. The molecule has 2 rings (SSSR count). The zero-order chi connectivity index (χ0) is 26.3. The summed E-state index contributed by atoms with van der Waals surface area (Å²) in [6.07, 6.45) is 3.19. The van der Waals surface area contributed by atoms with Crippen molar-refractivity contribution in [2.45, 2.75) is 105 Å². The third-order valence-corrected chi connectivity index (χ3v) is 6.37. The van der Waals surface area contributed by atoms with Gasteiger partial charge >= 0.3 is 6.09 Å². The van der Waals surface area contributed by atoms with Crippen LogP contribution in [0.2, 0.25) is 0 Å². The SMILES string of the molecule is CCCCCNC(=O)C(c1ccccc1C)N(C(=O)C(NC(=O)OC(C)(C)C)C(C)C)C1CC1C. The Morgan fingerprint density at radius 3 is 2.29 bits per heavy atom. The van der Waals surface area contributed by atoms with E-state index >= 15 is 0 Å². The summed E-state index contributed by atoms with van der Waals surface area (Å²) in [5.74, 6) is -0.329. The van der Waals surface area contributed by atoms with Crippen LogP contribution in [0.5, 0.6) is 0 Å². The van der Waals surface area contributed by atoms with Gasteiger partial charge < -0.3 is 20.3 Å². The summed E-state index contributed by atoms with van der Waals surface area (Å²) in [7, 11) is 0. The average molecular weight is 488 g/mol. The van der Waals surface area contributed by atoms with Gasteiger partial charge in [-0.15, -0.1) is 0 Å². The highest BCUT2D eigenvalue weighted by Crippen LogP contribution is 2.41. The average Bonchev–Trinajstić information content (AvgIpc) is 3.47. The number of unbranched alkanes of at least 4 members (excludes halogenated alkanes) is 2. The summed E-state index contributed by atoms with van der Waals surface area (Å²) in [4.78, 5) is 42.0. The Hall–Kier alpha value is -2.57. The van der Waals surface area contributed by atoms with Crippen molar-refractivity contribution in [1.29, 1.82) is 0 Å². The number of hydrogen-bond donors (Lipinski definition) is 2. The molecule has 7 nitrogen and oxygen atoms in total. The molecule has 1 aliphatic carbocycles. The number of hydrogen-bond acceptors (Lipinski definition) is 4. The fraction of sp³-hybridized carbons (Fsp3) is 0.679. The summed E-state index contributed by atoms with van der Waals surface area (Å²) < 4.78 is 5.43. The fourth-order valence-electron chi connectivity index (χ4n) is 4.28. The Labute approximate surface area is 211 Å². The minimum Gasteiger partial charge on any atom is -0.444 e. The number of carbonyl (C=O) groups is 3. The van der Waals surface area contributed by atoms with Crippen LogP contribution in [0.3, 0.4) is 0 Å². The van der Waals surface area contributed by atoms with Gasteiger partial charge in [0.1, 0.15) is 17.7 Å². The molecule has 1 fully saturated rings. The molecule has 0 aromatic heterocycles. The van der Waals surface area contributed by atoms with Gasteiger partial charge in [0, 0.05) is 12.6 Å². The summed E-state index contributed by atoms with van der Waals surface area (Å²) >= 11 is 0. The van der Waals surface area contributed by atoms with E-state index in [-0.39, 0.29) is 29.7 Å². The molecule has 35 heavy (non-hydrogen) atoms. The van der Waals surface area contributed by atoms with Crippen LogP contribution < -0.4 is 10.6 Å². The number of amides is 3. The highest BCUT2D eigenvalue weighted by atomic mass is 16.6. The molecule has 196 valence electrons. The number of alkyl carbamates (subject to hydrolysis) is 1. The zero-order valence-corrected chi connectivity index (χ0v) is 22.8. The smallest absolute Gasteiger partial charge is 0.408 e. The van der Waals surface area contributed by atoms with Gasteiger partial charge in [-0.05, 0) is 63.5 Å². The third-order valence-electron chi connectivity index (χ3n) is 6.37. The van der Waals surface area contributed by atoms with E-state index in [9.17, 15) is 14.4 Å². The van der Waals surface area contributed by atoms with Crippen molar-refractivity contribution < 1.29 is 19.1 Å². The van der Waals surface area contributed by atoms with Crippen molar-refractivity contribution in [3.8, 4) is 0 Å². The molecule has 4 atom stereocenters. The van der Waals surface area contributed by atoms with Crippen LogP contribution in [-0.4, -0.2) is 47.0 Å². The van der Waals surface area contributed by atoms with Gasteiger partial charge in [0.05, 0.1) is 0 Å². The van der Waals surface area contributed by atoms with E-state index in [0.29, 0.717) is 6.54 Å². The predicted molar refractivity (Wildman–Crippen MR) is 139 cm³/mol. The van der Waals surface area contributed by atoms with Crippen LogP contribution in [0, 0.1) is 18.8 Å². The van der Waals surface area contributed by atoms with Gasteiger partial charge in [-0.1, -0.05) is 64.8 Å². The van der Waals surface area contributed by atoms with E-state index in [2.05, 4.69) is 24.5 Å². The molecule has 0 saturated heterocycles. The normalized spacial score (nSPS) is 19.0. The Balaban J connectivity index is 2.43. The number of rotatable bonds is 11. The Kier molecular flexibility index (Phi) is 10.2. The number of ether oxygens (including phenoxy) is 1. The predicted octanol–water partition coefficient (Wildman–Crippen LogP) is 5.13. The molecule has 1 saturated carbocycles. The molecule has 1 aromatic rings. The van der Waals surface area contributed by atoms with E-state index in [0.717, 1.165) is 36.8 Å². The Bertz CT molecular complexity index is 877. The second-order valence-electron chi connectivity index (χ2n) is 11.2. The monoisotopic (exact) mass is 487 g/mol. The van der Waals surface area contributed by atoms with Crippen LogP contribution in [0.25, 0.3) is 0 Å². The van der Waals surface area contributed by atoms with Gasteiger partial charge in [0.25, 0.3) is 0 Å². The highest BCUT2D eigenvalue weighted by Gasteiger charge is 2.48. The zero-order valence-electron chi connectivity index (χ0n) is 22.8. The van der Waals surface area contributed by atoms with Gasteiger partial charge in [0.2, 0.25) is 11.8 Å². The molecule has 4 unspecified atom stereocenters. The highest BCUT2D eigenvalue weighted by molar-refractivity contribution is 5.93. The molecule has 2 N–H and O–H groups in total. The van der Waals surface area contributed by atoms with E-state index in [1.165, 1.54) is 0 Å². The van der Waals surface area contributed by atoms with Crippen LogP contribution in [0.1, 0.15) is 91.3 Å². The second-order valence-corrected chi connectivity index (χ2v) is 11.2. The van der Waals surface area contributed by atoms with Crippen LogP contribution in [0.4, 0.5) is 4.79 Å². The molecule has 7 heteroatoms. The largest absolute Gasteiger partial charge is 0.444 e. The second kappa shape index (κ2) is 12.4. The number of aryl methyl sites for hydroxylation is 1. The first-order valence-corrected chi connectivity index (χ1v) is 13.0. The van der Waals surface area contributed by atoms with E-state index in [1.807, 2.05) is 45.0 Å². The summed E-state index contributed by atoms with van der Waals surface area (Å²) in [6, 6.07) is 6.09. The molecule has 3 amide bonds. The van der Waals surface area contributed by atoms with E-state index in [1.54, 1.807) is 25.7 Å². The minimum absolute atomic E-state index is 0.0600. The maximum Gasteiger partial charge on any atom is 0.408 e. The van der Waals surface area contributed by atoms with Crippen molar-refractivity contribution in [3.63, 3.8) is 0 Å². The van der Waals surface area contributed by atoms with E-state index in [4.69, 9.17) is 4.74 Å². The first-order chi connectivity index (χ1) is 16.4. The lowest BCUT2D eigenvalue weighted by atomic mass is 9.96. The lowest BCUT2D eigenvalue weighted by Crippen LogP contribution is -2.55. The number of carbonyl (C=O) groups excluding carboxylic acids is 3. The fourth-order valence-corrected chi connectivity index (χ4v) is 4.28. The molecule has 0 bridgehead atoms. The molecule has 0 spiro atoms. The van der Waals surface area contributed by atoms with Crippen molar-refractivity contribution in [2.75, 3.05) is 6.54 Å². The summed E-state index contributed by atoms with van der Waals surface area (Å²) in [6.45, 7) is 15.9. The molecular weight excluding hydrogens is 442 g/mol. The molecule has 1 aliphatic rings. The molecule has 0 aliphatic heterocycles. The topological polar surface area (TPSA) is 87.7 Å². The van der Waals surface area contributed by atoms with Crippen LogP contribution in [-0.2, 0) is 14.3 Å². The number of nitrogens with zero attached hydrogens (tertiary/aromatic N) is 1. The van der Waals surface area contributed by atoms with Gasteiger partial charge in [-0.25, -0.2) is 4.79 Å². The maximum atomic E-state index is 14.1. The van der Waals surface area contributed by atoms with Crippen molar-refractivity contribution >= 4 is 17.9 Å². The minimum atomic E-state index is -0.808. The lowest BCUT2D eigenvalue weighted by molar-refractivity contribution is -0.144. The third kappa shape index (κ3) is 8.25. The summed E-state index contributed by atoms with van der Waals surface area (Å²) in [5, 5.41) is 5.86. The summed E-state index contributed by atoms with van der Waals surface area (Å²) in [5.41, 5.74) is 1.09. The first-order valence-electron chi connectivity index (χ1n) is 13.0. The van der Waals surface area contributed by atoms with Gasteiger partial charge in [-0.3, -0.25) is 9.59 Å².